The van der Waals surface area contributed by atoms with Gasteiger partial charge in [-0.2, -0.15) is 0 Å². The topological polar surface area (TPSA) is 89.7 Å². The molecule has 0 fully saturated rings. The zero-order valence-corrected chi connectivity index (χ0v) is 9.65. The second-order valence-corrected chi connectivity index (χ2v) is 3.66. The summed E-state index contributed by atoms with van der Waals surface area (Å²) in [6.45, 7) is 0. The van der Waals surface area contributed by atoms with Gasteiger partial charge in [-0.3, -0.25) is 10.1 Å². The fourth-order valence-corrected chi connectivity index (χ4v) is 1.53. The Morgan fingerprint density at radius 2 is 1.79 bits per heavy atom. The van der Waals surface area contributed by atoms with Crippen LogP contribution in [0.15, 0.2) is 48.5 Å². The normalized spacial score (nSPS) is 9.89. The van der Waals surface area contributed by atoms with E-state index in [9.17, 15) is 14.9 Å². The number of rotatable bonds is 4. The minimum atomic E-state index is -1.37. The molecular weight excluding hydrogens is 250 g/mol. The number of hydrogen-bond acceptors (Lipinski definition) is 4. The predicted molar refractivity (Wildman–Crippen MR) is 66.6 cm³/mol. The Morgan fingerprint density at radius 3 is 2.37 bits per heavy atom. The van der Waals surface area contributed by atoms with Crippen LogP contribution in [0.25, 0.3) is 0 Å². The van der Waals surface area contributed by atoms with Crippen LogP contribution in [0.4, 0.5) is 5.69 Å². The molecule has 0 saturated carbocycles. The highest BCUT2D eigenvalue weighted by Gasteiger charge is 2.20. The van der Waals surface area contributed by atoms with E-state index in [1.807, 2.05) is 6.07 Å². The molecule has 0 aliphatic rings. The van der Waals surface area contributed by atoms with Crippen LogP contribution >= 0.6 is 0 Å². The van der Waals surface area contributed by atoms with E-state index >= 15 is 0 Å². The van der Waals surface area contributed by atoms with Crippen molar-refractivity contribution in [2.24, 2.45) is 0 Å². The lowest BCUT2D eigenvalue weighted by molar-refractivity contribution is -0.385. The molecule has 0 atom stereocenters. The smallest absolute Gasteiger partial charge is 0.342 e. The van der Waals surface area contributed by atoms with E-state index in [0.717, 1.165) is 12.1 Å². The lowest BCUT2D eigenvalue weighted by Crippen LogP contribution is -2.02. The number of carbonyl (C=O) groups is 1. The van der Waals surface area contributed by atoms with Crippen molar-refractivity contribution in [2.45, 2.75) is 0 Å². The minimum Gasteiger partial charge on any atom is -0.477 e. The number of nitrogens with zero attached hydrogens (tertiary/aromatic N) is 1. The van der Waals surface area contributed by atoms with Crippen molar-refractivity contribution >= 4 is 11.7 Å². The second kappa shape index (κ2) is 5.18. The molecule has 2 rings (SSSR count). The van der Waals surface area contributed by atoms with Crippen LogP contribution in [0.5, 0.6) is 11.5 Å². The van der Waals surface area contributed by atoms with E-state index in [1.54, 1.807) is 24.3 Å². The molecule has 0 aliphatic carbocycles. The summed E-state index contributed by atoms with van der Waals surface area (Å²) in [6.07, 6.45) is 0. The lowest BCUT2D eigenvalue weighted by Gasteiger charge is -2.06. The SMILES string of the molecule is O=C(O)c1cc(Oc2ccccc2)ccc1[N+](=O)[O-]. The number of aromatic carboxylic acids is 1. The van der Waals surface area contributed by atoms with Crippen molar-refractivity contribution in [3.8, 4) is 11.5 Å². The number of nitro groups is 1. The van der Waals surface area contributed by atoms with Gasteiger partial charge in [0.2, 0.25) is 0 Å². The quantitative estimate of drug-likeness (QED) is 0.673. The van der Waals surface area contributed by atoms with E-state index in [-0.39, 0.29) is 5.75 Å². The van der Waals surface area contributed by atoms with E-state index < -0.39 is 22.1 Å². The molecule has 2 aromatic rings. The number of carboxylic acid groups (broad SMARTS) is 1. The first-order valence-electron chi connectivity index (χ1n) is 5.32. The van der Waals surface area contributed by atoms with Crippen molar-refractivity contribution in [2.75, 3.05) is 0 Å². The molecule has 0 heterocycles. The van der Waals surface area contributed by atoms with Crippen molar-refractivity contribution in [3.63, 3.8) is 0 Å². The molecule has 0 saturated heterocycles. The van der Waals surface area contributed by atoms with Gasteiger partial charge in [0.25, 0.3) is 5.69 Å². The maximum atomic E-state index is 11.0. The molecule has 0 aliphatic heterocycles. The molecule has 0 bridgehead atoms. The highest BCUT2D eigenvalue weighted by Crippen LogP contribution is 2.27. The lowest BCUT2D eigenvalue weighted by atomic mass is 10.1. The van der Waals surface area contributed by atoms with E-state index in [2.05, 4.69) is 0 Å². The van der Waals surface area contributed by atoms with Gasteiger partial charge in [-0.25, -0.2) is 4.79 Å². The maximum Gasteiger partial charge on any atom is 0.342 e. The molecule has 19 heavy (non-hydrogen) atoms. The first kappa shape index (κ1) is 12.6. The largest absolute Gasteiger partial charge is 0.477 e. The predicted octanol–water partition coefficient (Wildman–Crippen LogP) is 3.09. The number of ether oxygens (including phenoxy) is 1. The van der Waals surface area contributed by atoms with Gasteiger partial charge in [0.1, 0.15) is 17.1 Å². The number of nitro benzene ring substituents is 1. The van der Waals surface area contributed by atoms with Gasteiger partial charge in [0.15, 0.2) is 0 Å². The molecular formula is C13H9NO5. The number of hydrogen-bond donors (Lipinski definition) is 1. The Bertz CT molecular complexity index is 624. The summed E-state index contributed by atoms with van der Waals surface area (Å²) in [5.74, 6) is -0.618. The zero-order chi connectivity index (χ0) is 13.8. The molecule has 2 aromatic carbocycles. The molecule has 1 N–H and O–H groups in total. The van der Waals surface area contributed by atoms with Gasteiger partial charge < -0.3 is 9.84 Å². The summed E-state index contributed by atoms with van der Waals surface area (Å²) in [5.41, 5.74) is -0.869. The molecule has 0 radical (unpaired) electrons. The van der Waals surface area contributed by atoms with Crippen LogP contribution < -0.4 is 4.74 Å². The van der Waals surface area contributed by atoms with Crippen LogP contribution in [-0.4, -0.2) is 16.0 Å². The summed E-state index contributed by atoms with van der Waals surface area (Å²) in [6, 6.07) is 12.3. The number of benzene rings is 2. The molecule has 0 spiro atoms. The fourth-order valence-electron chi connectivity index (χ4n) is 1.53. The van der Waals surface area contributed by atoms with Gasteiger partial charge in [-0.15, -0.1) is 0 Å². The summed E-state index contributed by atoms with van der Waals surface area (Å²) in [7, 11) is 0. The van der Waals surface area contributed by atoms with Gasteiger partial charge in [-0.05, 0) is 18.2 Å². The van der Waals surface area contributed by atoms with E-state index in [1.165, 1.54) is 6.07 Å². The van der Waals surface area contributed by atoms with Crippen LogP contribution in [0.3, 0.4) is 0 Å². The molecule has 0 unspecified atom stereocenters. The molecule has 0 aromatic heterocycles. The van der Waals surface area contributed by atoms with Crippen LogP contribution in [0.1, 0.15) is 10.4 Å². The molecule has 6 heteroatoms. The summed E-state index contributed by atoms with van der Waals surface area (Å²) < 4.78 is 5.42. The van der Waals surface area contributed by atoms with Crippen molar-refractivity contribution < 1.29 is 19.6 Å². The average Bonchev–Trinajstić information content (AvgIpc) is 2.39. The standard InChI is InChI=1S/C13H9NO5/c15-13(16)11-8-10(6-7-12(11)14(17)18)19-9-4-2-1-3-5-9/h1-8H,(H,15,16). The zero-order valence-electron chi connectivity index (χ0n) is 9.65. The van der Waals surface area contributed by atoms with Gasteiger partial charge >= 0.3 is 5.97 Å². The van der Waals surface area contributed by atoms with Gasteiger partial charge in [0, 0.05) is 12.1 Å². The van der Waals surface area contributed by atoms with E-state index in [4.69, 9.17) is 9.84 Å². The monoisotopic (exact) mass is 259 g/mol. The maximum absolute atomic E-state index is 11.0. The van der Waals surface area contributed by atoms with Gasteiger partial charge in [-0.1, -0.05) is 18.2 Å². The van der Waals surface area contributed by atoms with Crippen LogP contribution in [-0.2, 0) is 0 Å². The first-order valence-corrected chi connectivity index (χ1v) is 5.32. The molecule has 0 amide bonds. The van der Waals surface area contributed by atoms with Crippen LogP contribution in [0.2, 0.25) is 0 Å². The summed E-state index contributed by atoms with van der Waals surface area (Å²) >= 11 is 0. The Balaban J connectivity index is 2.36. The average molecular weight is 259 g/mol. The third-order valence-corrected chi connectivity index (χ3v) is 2.37. The van der Waals surface area contributed by atoms with Crippen molar-refractivity contribution in [1.29, 1.82) is 0 Å². The van der Waals surface area contributed by atoms with E-state index in [0.29, 0.717) is 5.75 Å². The van der Waals surface area contributed by atoms with Crippen LogP contribution in [0, 0.1) is 10.1 Å². The molecule has 6 nitrogen and oxygen atoms in total. The first-order chi connectivity index (χ1) is 9.08. The van der Waals surface area contributed by atoms with Crippen molar-refractivity contribution in [1.82, 2.24) is 0 Å². The number of carboxylic acids is 1. The highest BCUT2D eigenvalue weighted by molar-refractivity contribution is 5.92. The highest BCUT2D eigenvalue weighted by atomic mass is 16.6. The second-order valence-electron chi connectivity index (χ2n) is 3.66. The Labute approximate surface area is 108 Å². The third kappa shape index (κ3) is 2.86. The van der Waals surface area contributed by atoms with Crippen molar-refractivity contribution in [3.05, 3.63) is 64.2 Å². The Morgan fingerprint density at radius 1 is 1.11 bits per heavy atom. The Hall–Kier alpha value is -2.89. The molecule has 96 valence electrons. The third-order valence-electron chi connectivity index (χ3n) is 2.37. The minimum absolute atomic E-state index is 0.231. The Kier molecular flexibility index (Phi) is 3.42. The van der Waals surface area contributed by atoms with Gasteiger partial charge in [0.05, 0.1) is 4.92 Å². The fraction of sp³-hybridized carbons (Fsp3) is 0. The summed E-state index contributed by atoms with van der Waals surface area (Å²) in [4.78, 5) is 20.9. The summed E-state index contributed by atoms with van der Waals surface area (Å²) in [5, 5.41) is 19.6. The number of para-hydroxylation sites is 1.